The van der Waals surface area contributed by atoms with Crippen LogP contribution in [0.25, 0.3) is 0 Å². The smallest absolute Gasteiger partial charge is 0.228 e. The molecule has 19 heavy (non-hydrogen) atoms. The third-order valence-electron chi connectivity index (χ3n) is 4.33. The third-order valence-corrected chi connectivity index (χ3v) is 5.56. The van der Waals surface area contributed by atoms with Gasteiger partial charge in [-0.15, -0.1) is 0 Å². The van der Waals surface area contributed by atoms with Crippen molar-refractivity contribution in [3.05, 3.63) is 0 Å². The molecular weight excluding hydrogens is 268 g/mol. The van der Waals surface area contributed by atoms with E-state index in [2.05, 4.69) is 0 Å². The normalized spacial score (nSPS) is 35.8. The first kappa shape index (κ1) is 13.3. The molecule has 3 heterocycles. The maximum atomic E-state index is 12.4. The van der Waals surface area contributed by atoms with Gasteiger partial charge in [0.25, 0.3) is 0 Å². The van der Waals surface area contributed by atoms with Crippen molar-refractivity contribution in [2.45, 2.75) is 31.5 Å². The van der Waals surface area contributed by atoms with E-state index in [1.54, 1.807) is 0 Å². The van der Waals surface area contributed by atoms with Crippen molar-refractivity contribution >= 4 is 15.9 Å². The lowest BCUT2D eigenvalue weighted by Gasteiger charge is -2.31. The quantitative estimate of drug-likeness (QED) is 0.697. The fourth-order valence-electron chi connectivity index (χ4n) is 3.33. The van der Waals surface area contributed by atoms with Crippen LogP contribution in [-0.4, -0.2) is 68.2 Å². The van der Waals surface area contributed by atoms with Gasteiger partial charge in [0.2, 0.25) is 15.9 Å². The second kappa shape index (κ2) is 4.71. The number of carbonyl (C=O) groups is 1. The van der Waals surface area contributed by atoms with Crippen molar-refractivity contribution < 1.29 is 17.9 Å². The summed E-state index contributed by atoms with van der Waals surface area (Å²) >= 11 is 0. The molecular formula is C12H20N2O4S. The molecule has 0 aromatic carbocycles. The molecule has 2 bridgehead atoms. The lowest BCUT2D eigenvalue weighted by Crippen LogP contribution is -2.47. The average molecular weight is 288 g/mol. The van der Waals surface area contributed by atoms with Gasteiger partial charge in [0, 0.05) is 26.2 Å². The van der Waals surface area contributed by atoms with Crippen LogP contribution < -0.4 is 0 Å². The lowest BCUT2D eigenvalue weighted by molar-refractivity contribution is -0.136. The van der Waals surface area contributed by atoms with Crippen LogP contribution in [0.5, 0.6) is 0 Å². The molecule has 1 amide bonds. The Morgan fingerprint density at radius 1 is 1.21 bits per heavy atom. The SMILES string of the molecule is CS(=O)(=O)N1C[C@@H]2C[C@@H](C(=O)N3CCCC3)[C@H](C1)O2. The first-order valence-corrected chi connectivity index (χ1v) is 8.69. The highest BCUT2D eigenvalue weighted by Gasteiger charge is 2.47. The van der Waals surface area contributed by atoms with Crippen molar-refractivity contribution in [3.63, 3.8) is 0 Å². The van der Waals surface area contributed by atoms with Crippen molar-refractivity contribution in [2.24, 2.45) is 5.92 Å². The number of fused-ring (bicyclic) bond motifs is 2. The zero-order valence-electron chi connectivity index (χ0n) is 11.1. The van der Waals surface area contributed by atoms with Crippen LogP contribution >= 0.6 is 0 Å². The highest BCUT2D eigenvalue weighted by atomic mass is 32.2. The van der Waals surface area contributed by atoms with E-state index in [0.29, 0.717) is 19.5 Å². The summed E-state index contributed by atoms with van der Waals surface area (Å²) in [5.74, 6) is -0.00444. The molecule has 3 rings (SSSR count). The first-order chi connectivity index (χ1) is 8.95. The molecule has 0 aromatic rings. The van der Waals surface area contributed by atoms with E-state index in [9.17, 15) is 13.2 Å². The van der Waals surface area contributed by atoms with Gasteiger partial charge in [0.05, 0.1) is 24.4 Å². The predicted molar refractivity (Wildman–Crippen MR) is 69.0 cm³/mol. The van der Waals surface area contributed by atoms with Gasteiger partial charge in [-0.05, 0) is 19.3 Å². The van der Waals surface area contributed by atoms with Crippen molar-refractivity contribution in [1.29, 1.82) is 0 Å². The largest absolute Gasteiger partial charge is 0.371 e. The molecule has 7 heteroatoms. The number of morpholine rings is 1. The van der Waals surface area contributed by atoms with Crippen LogP contribution in [0.15, 0.2) is 0 Å². The van der Waals surface area contributed by atoms with E-state index in [-0.39, 0.29) is 24.0 Å². The van der Waals surface area contributed by atoms with Crippen molar-refractivity contribution in [3.8, 4) is 0 Å². The number of rotatable bonds is 2. The summed E-state index contributed by atoms with van der Waals surface area (Å²) in [5.41, 5.74) is 0. The average Bonchev–Trinajstić information content (AvgIpc) is 2.95. The number of hydrogen-bond donors (Lipinski definition) is 0. The van der Waals surface area contributed by atoms with Gasteiger partial charge in [-0.3, -0.25) is 4.79 Å². The minimum absolute atomic E-state index is 0.120. The van der Waals surface area contributed by atoms with Gasteiger partial charge in [-0.25, -0.2) is 8.42 Å². The van der Waals surface area contributed by atoms with Gasteiger partial charge in [-0.2, -0.15) is 4.31 Å². The molecule has 0 aliphatic carbocycles. The number of ether oxygens (including phenoxy) is 1. The standard InChI is InChI=1S/C12H20N2O4S/c1-19(16,17)14-7-9-6-10(11(8-14)18-9)12(15)13-4-2-3-5-13/h9-11H,2-8H2,1H3/t9-,10+,11-/m0/s1. The number of hydrogen-bond acceptors (Lipinski definition) is 4. The van der Waals surface area contributed by atoms with Gasteiger partial charge in [0.1, 0.15) is 0 Å². The summed E-state index contributed by atoms with van der Waals surface area (Å²) in [6, 6.07) is 0. The van der Waals surface area contributed by atoms with E-state index in [1.165, 1.54) is 10.6 Å². The van der Waals surface area contributed by atoms with E-state index in [4.69, 9.17) is 4.74 Å². The molecule has 0 spiro atoms. The molecule has 108 valence electrons. The van der Waals surface area contributed by atoms with E-state index < -0.39 is 10.0 Å². The zero-order valence-corrected chi connectivity index (χ0v) is 11.9. The maximum absolute atomic E-state index is 12.4. The Morgan fingerprint density at radius 3 is 2.53 bits per heavy atom. The van der Waals surface area contributed by atoms with Crippen LogP contribution in [0.1, 0.15) is 19.3 Å². The summed E-state index contributed by atoms with van der Waals surface area (Å²) in [6.45, 7) is 2.38. The Hall–Kier alpha value is -0.660. The summed E-state index contributed by atoms with van der Waals surface area (Å²) in [5, 5.41) is 0. The van der Waals surface area contributed by atoms with Crippen LogP contribution in [0.2, 0.25) is 0 Å². The number of likely N-dealkylation sites (tertiary alicyclic amines) is 1. The zero-order chi connectivity index (χ0) is 13.6. The summed E-state index contributed by atoms with van der Waals surface area (Å²) < 4.78 is 30.4. The van der Waals surface area contributed by atoms with Crippen molar-refractivity contribution in [2.75, 3.05) is 32.4 Å². The molecule has 3 saturated heterocycles. The highest BCUT2D eigenvalue weighted by molar-refractivity contribution is 7.88. The molecule has 3 atom stereocenters. The van der Waals surface area contributed by atoms with Gasteiger partial charge in [0.15, 0.2) is 0 Å². The van der Waals surface area contributed by atoms with Crippen molar-refractivity contribution in [1.82, 2.24) is 9.21 Å². The van der Waals surface area contributed by atoms with Gasteiger partial charge >= 0.3 is 0 Å². The number of sulfonamides is 1. The Morgan fingerprint density at radius 2 is 1.89 bits per heavy atom. The van der Waals surface area contributed by atoms with E-state index >= 15 is 0 Å². The second-order valence-electron chi connectivity index (χ2n) is 5.75. The third kappa shape index (κ3) is 2.51. The summed E-state index contributed by atoms with van der Waals surface area (Å²) in [7, 11) is -3.19. The highest BCUT2D eigenvalue weighted by Crippen LogP contribution is 2.34. The monoisotopic (exact) mass is 288 g/mol. The Bertz CT molecular complexity index is 472. The van der Waals surface area contributed by atoms with E-state index in [0.717, 1.165) is 25.9 Å². The number of carbonyl (C=O) groups excluding carboxylic acids is 1. The van der Waals surface area contributed by atoms with Gasteiger partial charge < -0.3 is 9.64 Å². The van der Waals surface area contributed by atoms with Crippen LogP contribution in [0.3, 0.4) is 0 Å². The summed E-state index contributed by atoms with van der Waals surface area (Å²) in [6.07, 6.45) is 3.64. The van der Waals surface area contributed by atoms with E-state index in [1.807, 2.05) is 4.90 Å². The molecule has 0 aromatic heterocycles. The maximum Gasteiger partial charge on any atom is 0.228 e. The van der Waals surface area contributed by atoms with Gasteiger partial charge in [-0.1, -0.05) is 0 Å². The number of nitrogens with zero attached hydrogens (tertiary/aromatic N) is 2. The van der Waals surface area contributed by atoms with Crippen LogP contribution in [0.4, 0.5) is 0 Å². The Labute approximate surface area is 113 Å². The minimum Gasteiger partial charge on any atom is -0.371 e. The molecule has 0 radical (unpaired) electrons. The Balaban J connectivity index is 1.71. The second-order valence-corrected chi connectivity index (χ2v) is 7.73. The fraction of sp³-hybridized carbons (Fsp3) is 0.917. The summed E-state index contributed by atoms with van der Waals surface area (Å²) in [4.78, 5) is 14.3. The predicted octanol–water partition coefficient (Wildman–Crippen LogP) is -0.342. The van der Waals surface area contributed by atoms with Crippen LogP contribution in [0, 0.1) is 5.92 Å². The molecule has 6 nitrogen and oxygen atoms in total. The Kier molecular flexibility index (Phi) is 3.31. The first-order valence-electron chi connectivity index (χ1n) is 6.84. The molecule has 3 aliphatic heterocycles. The molecule has 0 unspecified atom stereocenters. The molecule has 0 N–H and O–H groups in total. The molecule has 3 aliphatic rings. The topological polar surface area (TPSA) is 66.9 Å². The lowest BCUT2D eigenvalue weighted by atomic mass is 9.99. The fourth-order valence-corrected chi connectivity index (χ4v) is 4.18. The number of amides is 1. The van der Waals surface area contributed by atoms with Crippen LogP contribution in [-0.2, 0) is 19.6 Å². The minimum atomic E-state index is -3.19. The molecule has 0 saturated carbocycles. The molecule has 3 fully saturated rings.